The first-order valence-electron chi connectivity index (χ1n) is 14.7. The van der Waals surface area contributed by atoms with Crippen LogP contribution >= 0.6 is 0 Å². The van der Waals surface area contributed by atoms with Crippen LogP contribution in [0.25, 0.3) is 32.7 Å². The molecule has 0 unspecified atom stereocenters. The molecule has 6 aromatic rings. The van der Waals surface area contributed by atoms with E-state index in [0.717, 1.165) is 44.5 Å². The Kier molecular flexibility index (Phi) is 7.02. The van der Waals surface area contributed by atoms with Gasteiger partial charge in [-0.3, -0.25) is 0 Å². The molecule has 0 heterocycles. The first-order valence-corrected chi connectivity index (χ1v) is 14.7. The fourth-order valence-corrected chi connectivity index (χ4v) is 6.57. The van der Waals surface area contributed by atoms with Crippen LogP contribution in [0.15, 0.2) is 84.9 Å². The van der Waals surface area contributed by atoms with Gasteiger partial charge < -0.3 is 10.2 Å². The summed E-state index contributed by atoms with van der Waals surface area (Å²) in [6, 6.07) is 29.7. The molecule has 0 bridgehead atoms. The first kappa shape index (κ1) is 27.6. The van der Waals surface area contributed by atoms with Crippen LogP contribution in [0, 0.1) is 41.5 Å². The Hall–Kier alpha value is -4.56. The highest BCUT2D eigenvalue weighted by molar-refractivity contribution is 5.90. The van der Waals surface area contributed by atoms with E-state index >= 15 is 0 Å². The second-order valence-electron chi connectivity index (χ2n) is 11.9. The van der Waals surface area contributed by atoms with E-state index in [1.807, 2.05) is 13.8 Å². The van der Waals surface area contributed by atoms with E-state index in [-0.39, 0.29) is 11.5 Å². The summed E-state index contributed by atoms with van der Waals surface area (Å²) in [5.41, 5.74) is 12.2. The van der Waals surface area contributed by atoms with E-state index in [9.17, 15) is 10.2 Å². The predicted molar refractivity (Wildman–Crippen MR) is 177 cm³/mol. The molecule has 0 spiro atoms. The smallest absolute Gasteiger partial charge is 0.127 e. The van der Waals surface area contributed by atoms with Crippen molar-refractivity contribution in [2.45, 2.75) is 54.4 Å². The van der Waals surface area contributed by atoms with Crippen LogP contribution in [-0.2, 0) is 12.8 Å². The van der Waals surface area contributed by atoms with Crippen LogP contribution in [0.5, 0.6) is 11.5 Å². The normalized spacial score (nSPS) is 11.5. The first-order chi connectivity index (χ1) is 20.2. The number of hydrogen-bond acceptors (Lipinski definition) is 2. The third-order valence-corrected chi connectivity index (χ3v) is 9.33. The summed E-state index contributed by atoms with van der Waals surface area (Å²) in [4.78, 5) is 0. The summed E-state index contributed by atoms with van der Waals surface area (Å²) in [5, 5.41) is 28.7. The molecular formula is C40H38O2. The molecule has 2 N–H and O–H groups in total. The fraction of sp³-hybridized carbons (Fsp3) is 0.200. The minimum Gasteiger partial charge on any atom is -0.507 e. The number of benzene rings is 6. The van der Waals surface area contributed by atoms with E-state index in [2.05, 4.69) is 113 Å². The number of aryl methyl sites for hydroxylation is 4. The summed E-state index contributed by atoms with van der Waals surface area (Å²) in [5.74, 6) is 0.503. The zero-order chi connectivity index (χ0) is 29.7. The number of rotatable bonds is 5. The maximum Gasteiger partial charge on any atom is 0.127 e. The molecule has 0 saturated heterocycles. The minimum absolute atomic E-state index is 0.252. The van der Waals surface area contributed by atoms with Crippen LogP contribution < -0.4 is 0 Å². The van der Waals surface area contributed by atoms with Crippen molar-refractivity contribution in [1.82, 2.24) is 0 Å². The molecule has 0 amide bonds. The Morgan fingerprint density at radius 1 is 0.452 bits per heavy atom. The van der Waals surface area contributed by atoms with Gasteiger partial charge in [-0.2, -0.15) is 0 Å². The number of hydrogen-bond donors (Lipinski definition) is 2. The van der Waals surface area contributed by atoms with E-state index < -0.39 is 0 Å². The second-order valence-corrected chi connectivity index (χ2v) is 11.9. The SMILES string of the molecule is Cc1cc(Cc2c(C)ccc3ccccc23)c(O)c(-c2c(C)c(C)cc(Cc3c(C)ccc4ccccc34)c2O)c1C. The lowest BCUT2D eigenvalue weighted by molar-refractivity contribution is 0.462. The third kappa shape index (κ3) is 4.61. The van der Waals surface area contributed by atoms with Crippen molar-refractivity contribution < 1.29 is 10.2 Å². The number of fused-ring (bicyclic) bond motifs is 2. The molecule has 0 aliphatic carbocycles. The molecule has 2 heteroatoms. The molecule has 0 saturated carbocycles. The van der Waals surface area contributed by atoms with Gasteiger partial charge in [0.2, 0.25) is 0 Å². The third-order valence-electron chi connectivity index (χ3n) is 9.33. The summed E-state index contributed by atoms with van der Waals surface area (Å²) >= 11 is 0. The van der Waals surface area contributed by atoms with Crippen molar-refractivity contribution in [3.8, 4) is 22.6 Å². The topological polar surface area (TPSA) is 40.5 Å². The summed E-state index contributed by atoms with van der Waals surface area (Å²) in [7, 11) is 0. The lowest BCUT2D eigenvalue weighted by Gasteiger charge is -2.22. The molecule has 0 radical (unpaired) electrons. The van der Waals surface area contributed by atoms with Gasteiger partial charge in [-0.15, -0.1) is 0 Å². The van der Waals surface area contributed by atoms with E-state index in [0.29, 0.717) is 12.8 Å². The van der Waals surface area contributed by atoms with E-state index in [1.165, 1.54) is 43.8 Å². The Morgan fingerprint density at radius 2 is 0.833 bits per heavy atom. The Balaban J connectivity index is 1.53. The zero-order valence-corrected chi connectivity index (χ0v) is 25.4. The molecule has 6 rings (SSSR count). The average molecular weight is 551 g/mol. The van der Waals surface area contributed by atoms with E-state index in [4.69, 9.17) is 0 Å². The van der Waals surface area contributed by atoms with Crippen LogP contribution in [0.1, 0.15) is 55.6 Å². The Morgan fingerprint density at radius 3 is 1.24 bits per heavy atom. The van der Waals surface area contributed by atoms with Gasteiger partial charge in [0.1, 0.15) is 11.5 Å². The molecule has 6 aromatic carbocycles. The maximum atomic E-state index is 12.0. The molecule has 0 aliphatic rings. The van der Waals surface area contributed by atoms with Gasteiger partial charge in [-0.1, -0.05) is 84.9 Å². The van der Waals surface area contributed by atoms with Crippen molar-refractivity contribution in [2.75, 3.05) is 0 Å². The highest BCUT2D eigenvalue weighted by Crippen LogP contribution is 2.46. The van der Waals surface area contributed by atoms with Crippen LogP contribution in [0.2, 0.25) is 0 Å². The summed E-state index contributed by atoms with van der Waals surface area (Å²) in [6.07, 6.45) is 1.22. The molecule has 0 aromatic heterocycles. The van der Waals surface area contributed by atoms with Gasteiger partial charge in [-0.05, 0) is 119 Å². The Labute approximate surface area is 248 Å². The van der Waals surface area contributed by atoms with Gasteiger partial charge in [-0.25, -0.2) is 0 Å². The highest BCUT2D eigenvalue weighted by Gasteiger charge is 2.24. The largest absolute Gasteiger partial charge is 0.507 e. The van der Waals surface area contributed by atoms with Crippen LogP contribution in [0.3, 0.4) is 0 Å². The summed E-state index contributed by atoms with van der Waals surface area (Å²) in [6.45, 7) is 12.6. The lowest BCUT2D eigenvalue weighted by Crippen LogP contribution is -2.02. The van der Waals surface area contributed by atoms with Crippen molar-refractivity contribution in [3.63, 3.8) is 0 Å². The monoisotopic (exact) mass is 550 g/mol. The highest BCUT2D eigenvalue weighted by atomic mass is 16.3. The molecule has 2 nitrogen and oxygen atoms in total. The van der Waals surface area contributed by atoms with Crippen LogP contribution in [-0.4, -0.2) is 10.2 Å². The van der Waals surface area contributed by atoms with Gasteiger partial charge in [0, 0.05) is 24.0 Å². The minimum atomic E-state index is 0.252. The quantitative estimate of drug-likeness (QED) is 0.224. The number of phenolic OH excluding ortho intramolecular Hbond substituents is 2. The average Bonchev–Trinajstić information content (AvgIpc) is 2.98. The van der Waals surface area contributed by atoms with Crippen molar-refractivity contribution in [1.29, 1.82) is 0 Å². The zero-order valence-electron chi connectivity index (χ0n) is 25.4. The molecule has 42 heavy (non-hydrogen) atoms. The van der Waals surface area contributed by atoms with Gasteiger partial charge >= 0.3 is 0 Å². The second kappa shape index (κ2) is 10.7. The van der Waals surface area contributed by atoms with Gasteiger partial charge in [0.25, 0.3) is 0 Å². The molecular weight excluding hydrogens is 512 g/mol. The molecule has 0 aliphatic heterocycles. The fourth-order valence-electron chi connectivity index (χ4n) is 6.57. The van der Waals surface area contributed by atoms with E-state index in [1.54, 1.807) is 0 Å². The Bertz CT molecular complexity index is 1870. The van der Waals surface area contributed by atoms with Gasteiger partial charge in [0.05, 0.1) is 0 Å². The number of aromatic hydroxyl groups is 2. The predicted octanol–water partition coefficient (Wildman–Crippen LogP) is 10.1. The molecule has 0 fully saturated rings. The standard InChI is InChI=1S/C40H38O2/c1-23-15-17-29-11-7-9-13-33(29)35(23)21-31-19-25(3)27(5)37(39(31)41)38-28(6)26(4)20-32(40(38)42)22-36-24(2)16-18-30-12-8-10-14-34(30)36/h7-20,41-42H,21-22H2,1-6H3. The van der Waals surface area contributed by atoms with Crippen LogP contribution in [0.4, 0.5) is 0 Å². The summed E-state index contributed by atoms with van der Waals surface area (Å²) < 4.78 is 0. The number of phenols is 2. The van der Waals surface area contributed by atoms with Crippen molar-refractivity contribution >= 4 is 21.5 Å². The lowest BCUT2D eigenvalue weighted by atomic mass is 9.84. The molecule has 210 valence electrons. The maximum absolute atomic E-state index is 12.0. The molecule has 0 atom stereocenters. The van der Waals surface area contributed by atoms with Crippen molar-refractivity contribution in [2.24, 2.45) is 0 Å². The van der Waals surface area contributed by atoms with Gasteiger partial charge in [0.15, 0.2) is 0 Å². The van der Waals surface area contributed by atoms with Crippen molar-refractivity contribution in [3.05, 3.63) is 141 Å².